The van der Waals surface area contributed by atoms with Gasteiger partial charge in [0.05, 0.1) is 6.26 Å². The quantitative estimate of drug-likeness (QED) is 0.725. The van der Waals surface area contributed by atoms with Gasteiger partial charge in [0.25, 0.3) is 5.56 Å². The third-order valence-electron chi connectivity index (χ3n) is 3.00. The minimum absolute atomic E-state index is 0.0987. The maximum Gasteiger partial charge on any atom is 0.269 e. The molecule has 3 rings (SSSR count). The summed E-state index contributed by atoms with van der Waals surface area (Å²) >= 11 is 0. The van der Waals surface area contributed by atoms with E-state index in [1.807, 2.05) is 6.07 Å². The third kappa shape index (κ3) is 2.34. The Bertz CT molecular complexity index is 869. The Morgan fingerprint density at radius 3 is 3.00 bits per heavy atom. The topological polar surface area (TPSA) is 97.8 Å². The molecular weight excluding hydrogens is 272 g/mol. The van der Waals surface area contributed by atoms with Crippen LogP contribution in [0.3, 0.4) is 0 Å². The zero-order chi connectivity index (χ0) is 14.8. The second-order valence-corrected chi connectivity index (χ2v) is 4.41. The highest BCUT2D eigenvalue weighted by Crippen LogP contribution is 2.15. The number of hydrogen-bond acceptors (Lipinski definition) is 6. The van der Waals surface area contributed by atoms with E-state index < -0.39 is 0 Å². The smallest absolute Gasteiger partial charge is 0.269 e. The van der Waals surface area contributed by atoms with Crippen LogP contribution in [0, 0.1) is 18.3 Å². The van der Waals surface area contributed by atoms with Crippen LogP contribution in [0.25, 0.3) is 11.6 Å². The van der Waals surface area contributed by atoms with Crippen molar-refractivity contribution in [2.24, 2.45) is 0 Å². The fourth-order valence-corrected chi connectivity index (χ4v) is 1.90. The van der Waals surface area contributed by atoms with E-state index >= 15 is 0 Å². The molecule has 0 aliphatic rings. The predicted molar refractivity (Wildman–Crippen MR) is 71.3 cm³/mol. The summed E-state index contributed by atoms with van der Waals surface area (Å²) in [6.45, 7) is 1.81. The minimum atomic E-state index is -0.379. The molecule has 3 aromatic rings. The van der Waals surface area contributed by atoms with Crippen LogP contribution in [0.15, 0.2) is 44.4 Å². The number of aromatic nitrogens is 3. The van der Waals surface area contributed by atoms with Crippen molar-refractivity contribution >= 4 is 0 Å². The summed E-state index contributed by atoms with van der Waals surface area (Å²) in [7, 11) is 0. The van der Waals surface area contributed by atoms with E-state index in [1.54, 1.807) is 31.3 Å². The Morgan fingerprint density at radius 1 is 1.43 bits per heavy atom. The molecule has 0 aromatic carbocycles. The Balaban J connectivity index is 1.92. The van der Waals surface area contributed by atoms with E-state index in [2.05, 4.69) is 10.1 Å². The molecule has 0 unspecified atom stereocenters. The zero-order valence-electron chi connectivity index (χ0n) is 11.1. The Kier molecular flexibility index (Phi) is 3.12. The van der Waals surface area contributed by atoms with Gasteiger partial charge in [0, 0.05) is 6.20 Å². The van der Waals surface area contributed by atoms with Crippen LogP contribution in [0.4, 0.5) is 0 Å². The van der Waals surface area contributed by atoms with E-state index in [0.717, 1.165) is 0 Å². The lowest BCUT2D eigenvalue weighted by atomic mass is 10.2. The van der Waals surface area contributed by atoms with E-state index in [1.165, 1.54) is 10.8 Å². The van der Waals surface area contributed by atoms with Crippen LogP contribution in [0.2, 0.25) is 0 Å². The molecular formula is C14H10N4O3. The molecule has 0 aliphatic heterocycles. The maximum atomic E-state index is 12.1. The summed E-state index contributed by atoms with van der Waals surface area (Å²) in [4.78, 5) is 16.2. The molecule has 0 saturated heterocycles. The molecule has 0 bridgehead atoms. The van der Waals surface area contributed by atoms with E-state index in [4.69, 9.17) is 14.2 Å². The Labute approximate surface area is 119 Å². The van der Waals surface area contributed by atoms with Crippen molar-refractivity contribution in [1.82, 2.24) is 14.7 Å². The molecule has 7 heteroatoms. The van der Waals surface area contributed by atoms with Crippen molar-refractivity contribution in [2.45, 2.75) is 13.5 Å². The van der Waals surface area contributed by atoms with Gasteiger partial charge in [-0.1, -0.05) is 5.16 Å². The van der Waals surface area contributed by atoms with E-state index in [0.29, 0.717) is 17.1 Å². The molecule has 0 spiro atoms. The average molecular weight is 282 g/mol. The first-order chi connectivity index (χ1) is 10.2. The van der Waals surface area contributed by atoms with Crippen molar-refractivity contribution in [3.05, 3.63) is 58.0 Å². The Hall–Kier alpha value is -3.14. The molecule has 0 radical (unpaired) electrons. The van der Waals surface area contributed by atoms with Crippen molar-refractivity contribution in [2.75, 3.05) is 0 Å². The monoisotopic (exact) mass is 282 g/mol. The van der Waals surface area contributed by atoms with E-state index in [9.17, 15) is 4.79 Å². The van der Waals surface area contributed by atoms with Gasteiger partial charge in [-0.05, 0) is 30.7 Å². The number of hydrogen-bond donors (Lipinski definition) is 0. The highest BCUT2D eigenvalue weighted by atomic mass is 16.5. The van der Waals surface area contributed by atoms with Crippen LogP contribution in [-0.4, -0.2) is 14.7 Å². The van der Waals surface area contributed by atoms with Gasteiger partial charge in [-0.15, -0.1) is 0 Å². The van der Waals surface area contributed by atoms with Crippen molar-refractivity contribution in [3.63, 3.8) is 0 Å². The molecule has 104 valence electrons. The summed E-state index contributed by atoms with van der Waals surface area (Å²) in [5, 5.41) is 12.8. The number of aryl methyl sites for hydroxylation is 1. The van der Waals surface area contributed by atoms with Crippen molar-refractivity contribution in [3.8, 4) is 17.7 Å². The number of rotatable bonds is 3. The zero-order valence-corrected chi connectivity index (χ0v) is 11.1. The van der Waals surface area contributed by atoms with Crippen molar-refractivity contribution < 1.29 is 8.94 Å². The first-order valence-corrected chi connectivity index (χ1v) is 6.15. The van der Waals surface area contributed by atoms with Gasteiger partial charge in [-0.25, -0.2) is 0 Å². The van der Waals surface area contributed by atoms with Gasteiger partial charge in [0.15, 0.2) is 5.76 Å². The number of nitriles is 1. The number of nitrogens with zero attached hydrogens (tertiary/aromatic N) is 4. The third-order valence-corrected chi connectivity index (χ3v) is 3.00. The summed E-state index contributed by atoms with van der Waals surface area (Å²) in [6, 6.07) is 7.03. The van der Waals surface area contributed by atoms with Crippen LogP contribution in [-0.2, 0) is 6.54 Å². The average Bonchev–Trinajstić information content (AvgIpc) is 3.13. The summed E-state index contributed by atoms with van der Waals surface area (Å²) < 4.78 is 11.6. The van der Waals surface area contributed by atoms with Gasteiger partial charge < -0.3 is 13.5 Å². The molecule has 0 N–H and O–H groups in total. The number of pyridine rings is 1. The van der Waals surface area contributed by atoms with Crippen LogP contribution >= 0.6 is 0 Å². The molecule has 0 fully saturated rings. The van der Waals surface area contributed by atoms with Gasteiger partial charge in [-0.3, -0.25) is 4.79 Å². The SMILES string of the molecule is Cc1ccn(Cc2nc(-c3ccco3)no2)c(=O)c1C#N. The van der Waals surface area contributed by atoms with Gasteiger partial charge in [0.1, 0.15) is 18.2 Å². The molecule has 0 atom stereocenters. The minimum Gasteiger partial charge on any atom is -0.461 e. The van der Waals surface area contributed by atoms with Crippen LogP contribution in [0.5, 0.6) is 0 Å². The maximum absolute atomic E-state index is 12.1. The fraction of sp³-hybridized carbons (Fsp3) is 0.143. The molecule has 3 aromatic heterocycles. The normalized spacial score (nSPS) is 10.5. The predicted octanol–water partition coefficient (Wildman–Crippen LogP) is 1.72. The summed E-state index contributed by atoms with van der Waals surface area (Å²) in [6.07, 6.45) is 3.10. The molecule has 7 nitrogen and oxygen atoms in total. The molecule has 21 heavy (non-hydrogen) atoms. The molecule has 0 aliphatic carbocycles. The van der Waals surface area contributed by atoms with Crippen LogP contribution < -0.4 is 5.56 Å². The highest BCUT2D eigenvalue weighted by molar-refractivity contribution is 5.44. The largest absolute Gasteiger partial charge is 0.461 e. The van der Waals surface area contributed by atoms with Gasteiger partial charge >= 0.3 is 0 Å². The van der Waals surface area contributed by atoms with Crippen LogP contribution in [0.1, 0.15) is 17.0 Å². The van der Waals surface area contributed by atoms with Gasteiger partial charge in [-0.2, -0.15) is 10.2 Å². The number of furan rings is 1. The van der Waals surface area contributed by atoms with Crippen molar-refractivity contribution in [1.29, 1.82) is 5.26 Å². The standard InChI is InChI=1S/C14H10N4O3/c1-9-4-5-18(14(19)10(9)7-15)8-12-16-13(17-21-12)11-3-2-6-20-11/h2-6H,8H2,1H3. The summed E-state index contributed by atoms with van der Waals surface area (Å²) in [5.41, 5.74) is 0.374. The second kappa shape index (κ2) is 5.09. The highest BCUT2D eigenvalue weighted by Gasteiger charge is 2.13. The van der Waals surface area contributed by atoms with Gasteiger partial charge in [0.2, 0.25) is 11.7 Å². The Morgan fingerprint density at radius 2 is 2.29 bits per heavy atom. The second-order valence-electron chi connectivity index (χ2n) is 4.41. The van der Waals surface area contributed by atoms with E-state index in [-0.39, 0.29) is 23.6 Å². The lowest BCUT2D eigenvalue weighted by Crippen LogP contribution is -2.23. The fourth-order valence-electron chi connectivity index (χ4n) is 1.90. The first-order valence-electron chi connectivity index (χ1n) is 6.15. The molecule has 3 heterocycles. The first kappa shape index (κ1) is 12.9. The lowest BCUT2D eigenvalue weighted by Gasteiger charge is -2.03. The lowest BCUT2D eigenvalue weighted by molar-refractivity contribution is 0.369. The summed E-state index contributed by atoms with van der Waals surface area (Å²) in [5.74, 6) is 1.06. The molecule has 0 saturated carbocycles. The molecule has 0 amide bonds.